The molecule has 0 aliphatic rings. The van der Waals surface area contributed by atoms with Crippen LogP contribution in [0.2, 0.25) is 0 Å². The van der Waals surface area contributed by atoms with Crippen LogP contribution in [0, 0.1) is 5.92 Å². The van der Waals surface area contributed by atoms with Crippen molar-refractivity contribution in [2.75, 3.05) is 12.0 Å². The number of thioether (sulfide) groups is 1. The Morgan fingerprint density at radius 2 is 1.49 bits per heavy atom. The molecule has 0 bridgehead atoms. The first-order chi connectivity index (χ1) is 17.5. The number of carboxylic acids is 1. The number of carbonyl (C=O) groups excluding carboxylic acids is 4. The van der Waals surface area contributed by atoms with Gasteiger partial charge in [-0.1, -0.05) is 50.6 Å². The number of rotatable bonds is 17. The lowest BCUT2D eigenvalue weighted by atomic mass is 9.98. The third-order valence-corrected chi connectivity index (χ3v) is 6.66. The number of hydrogen-bond acceptors (Lipinski definition) is 7. The minimum Gasteiger partial charge on any atom is -0.480 e. The molecule has 8 N–H and O–H groups in total. The average molecular weight is 538 g/mol. The molecule has 0 aliphatic heterocycles. The summed E-state index contributed by atoms with van der Waals surface area (Å²) in [6.07, 6.45) is 2.43. The van der Waals surface area contributed by atoms with Crippen LogP contribution in [0.15, 0.2) is 30.3 Å². The van der Waals surface area contributed by atoms with Gasteiger partial charge in [-0.3, -0.25) is 19.2 Å². The van der Waals surface area contributed by atoms with Crippen LogP contribution in [0.4, 0.5) is 0 Å². The van der Waals surface area contributed by atoms with Gasteiger partial charge in [0, 0.05) is 12.8 Å². The van der Waals surface area contributed by atoms with Crippen LogP contribution >= 0.6 is 11.8 Å². The van der Waals surface area contributed by atoms with Gasteiger partial charge >= 0.3 is 5.97 Å². The molecule has 0 saturated heterocycles. The fraction of sp³-hybridized carbons (Fsp3) is 0.560. The SMILES string of the molecule is CCC(C)C(N)C(=O)NC(Cc1ccccc1)C(=O)NC(CCC(N)=O)C(=O)NC(CCSC)C(=O)O. The van der Waals surface area contributed by atoms with E-state index >= 15 is 0 Å². The summed E-state index contributed by atoms with van der Waals surface area (Å²) >= 11 is 1.43. The van der Waals surface area contributed by atoms with Gasteiger partial charge < -0.3 is 32.5 Å². The largest absolute Gasteiger partial charge is 0.480 e. The van der Waals surface area contributed by atoms with E-state index in [-0.39, 0.29) is 31.6 Å². The second-order valence-corrected chi connectivity index (χ2v) is 9.89. The summed E-state index contributed by atoms with van der Waals surface area (Å²) in [5, 5.41) is 17.1. The van der Waals surface area contributed by atoms with E-state index in [9.17, 15) is 29.1 Å². The summed E-state index contributed by atoms with van der Waals surface area (Å²) in [6.45, 7) is 3.73. The molecule has 1 rings (SSSR count). The minimum absolute atomic E-state index is 0.122. The van der Waals surface area contributed by atoms with E-state index in [1.54, 1.807) is 24.3 Å². The van der Waals surface area contributed by atoms with E-state index in [0.717, 1.165) is 5.56 Å². The predicted molar refractivity (Wildman–Crippen MR) is 142 cm³/mol. The Kier molecular flexibility index (Phi) is 14.3. The van der Waals surface area contributed by atoms with Crippen molar-refractivity contribution in [3.05, 3.63) is 35.9 Å². The van der Waals surface area contributed by atoms with Crippen molar-refractivity contribution >= 4 is 41.4 Å². The zero-order valence-corrected chi connectivity index (χ0v) is 22.4. The van der Waals surface area contributed by atoms with E-state index in [1.165, 1.54) is 11.8 Å². The first-order valence-corrected chi connectivity index (χ1v) is 13.6. The van der Waals surface area contributed by atoms with Gasteiger partial charge in [-0.15, -0.1) is 0 Å². The monoisotopic (exact) mass is 537 g/mol. The summed E-state index contributed by atoms with van der Waals surface area (Å²) in [5.41, 5.74) is 12.1. The molecule has 0 spiro atoms. The normalized spacial score (nSPS) is 14.9. The highest BCUT2D eigenvalue weighted by Gasteiger charge is 2.31. The van der Waals surface area contributed by atoms with Crippen molar-refractivity contribution in [3.63, 3.8) is 0 Å². The molecule has 11 nitrogen and oxygen atoms in total. The lowest BCUT2D eigenvalue weighted by Crippen LogP contribution is -2.58. The third kappa shape index (κ3) is 11.6. The summed E-state index contributed by atoms with van der Waals surface area (Å²) in [7, 11) is 0. The highest BCUT2D eigenvalue weighted by Crippen LogP contribution is 2.09. The van der Waals surface area contributed by atoms with Crippen LogP contribution in [0.3, 0.4) is 0 Å². The van der Waals surface area contributed by atoms with Gasteiger partial charge in [-0.05, 0) is 36.3 Å². The van der Waals surface area contributed by atoms with E-state index in [4.69, 9.17) is 11.5 Å². The molecular formula is C25H39N5O6S. The van der Waals surface area contributed by atoms with Gasteiger partial charge in [-0.2, -0.15) is 11.8 Å². The Hall–Kier alpha value is -3.12. The quantitative estimate of drug-likeness (QED) is 0.162. The van der Waals surface area contributed by atoms with Gasteiger partial charge in [0.05, 0.1) is 6.04 Å². The van der Waals surface area contributed by atoms with Crippen molar-refractivity contribution in [1.82, 2.24) is 16.0 Å². The molecule has 206 valence electrons. The van der Waals surface area contributed by atoms with E-state index < -0.39 is 53.8 Å². The predicted octanol–water partition coefficient (Wildman–Crippen LogP) is 0.160. The molecule has 0 heterocycles. The molecule has 5 atom stereocenters. The number of carboxylic acid groups (broad SMARTS) is 1. The summed E-state index contributed by atoms with van der Waals surface area (Å²) in [6, 6.07) is 4.68. The summed E-state index contributed by atoms with van der Waals surface area (Å²) in [4.78, 5) is 62.0. The number of amides is 4. The standard InChI is InChI=1S/C25H39N5O6S/c1-4-15(2)21(27)24(34)30-19(14-16-8-6-5-7-9-16)23(33)28-17(10-11-20(26)31)22(32)29-18(25(35)36)12-13-37-3/h5-9,15,17-19,21H,4,10-14,27H2,1-3H3,(H2,26,31)(H,28,33)(H,29,32)(H,30,34)(H,35,36). The number of benzene rings is 1. The molecule has 4 amide bonds. The minimum atomic E-state index is -1.24. The molecule has 1 aromatic rings. The molecule has 1 aromatic carbocycles. The fourth-order valence-corrected chi connectivity index (χ4v) is 3.90. The molecule has 5 unspecified atom stereocenters. The van der Waals surface area contributed by atoms with Gasteiger partial charge in [0.2, 0.25) is 23.6 Å². The first-order valence-electron chi connectivity index (χ1n) is 12.2. The van der Waals surface area contributed by atoms with E-state index in [2.05, 4.69) is 16.0 Å². The Bertz CT molecular complexity index is 916. The number of nitrogens with one attached hydrogen (secondary N) is 3. The van der Waals surface area contributed by atoms with E-state index in [1.807, 2.05) is 26.2 Å². The van der Waals surface area contributed by atoms with Crippen LogP contribution in [0.1, 0.15) is 45.1 Å². The Balaban J connectivity index is 3.13. The van der Waals surface area contributed by atoms with Crippen LogP contribution in [0.25, 0.3) is 0 Å². The topological polar surface area (TPSA) is 194 Å². The number of nitrogens with two attached hydrogens (primary N) is 2. The van der Waals surface area contributed by atoms with Crippen molar-refractivity contribution in [2.24, 2.45) is 17.4 Å². The third-order valence-electron chi connectivity index (χ3n) is 6.01. The van der Waals surface area contributed by atoms with Gasteiger partial charge in [0.15, 0.2) is 0 Å². The second kappa shape index (κ2) is 16.6. The lowest BCUT2D eigenvalue weighted by molar-refractivity contribution is -0.142. The Morgan fingerprint density at radius 1 is 0.919 bits per heavy atom. The van der Waals surface area contributed by atoms with Crippen LogP contribution in [-0.4, -0.2) is 70.9 Å². The number of primary amides is 1. The molecule has 0 saturated carbocycles. The molecule has 37 heavy (non-hydrogen) atoms. The smallest absolute Gasteiger partial charge is 0.326 e. The Labute approximate surface area is 221 Å². The molecular weight excluding hydrogens is 498 g/mol. The fourth-order valence-electron chi connectivity index (χ4n) is 3.43. The van der Waals surface area contributed by atoms with Gasteiger partial charge in [-0.25, -0.2) is 4.79 Å². The van der Waals surface area contributed by atoms with E-state index in [0.29, 0.717) is 12.2 Å². The second-order valence-electron chi connectivity index (χ2n) is 8.91. The maximum absolute atomic E-state index is 13.3. The Morgan fingerprint density at radius 3 is 2.03 bits per heavy atom. The average Bonchev–Trinajstić information content (AvgIpc) is 2.87. The highest BCUT2D eigenvalue weighted by molar-refractivity contribution is 7.98. The number of aliphatic carboxylic acids is 1. The van der Waals surface area contributed by atoms with Crippen molar-refractivity contribution < 1.29 is 29.1 Å². The van der Waals surface area contributed by atoms with Gasteiger partial charge in [0.1, 0.15) is 18.1 Å². The molecule has 0 fully saturated rings. The maximum atomic E-state index is 13.3. The zero-order valence-electron chi connectivity index (χ0n) is 21.6. The number of hydrogen-bond donors (Lipinski definition) is 6. The van der Waals surface area contributed by atoms with Crippen LogP contribution < -0.4 is 27.4 Å². The first kappa shape index (κ1) is 31.9. The summed E-state index contributed by atoms with van der Waals surface area (Å²) in [5.74, 6) is -3.46. The van der Waals surface area contributed by atoms with Gasteiger partial charge in [0.25, 0.3) is 0 Å². The van der Waals surface area contributed by atoms with Crippen molar-refractivity contribution in [1.29, 1.82) is 0 Å². The van der Waals surface area contributed by atoms with Crippen molar-refractivity contribution in [2.45, 2.75) is 70.1 Å². The van der Waals surface area contributed by atoms with Crippen molar-refractivity contribution in [3.8, 4) is 0 Å². The zero-order chi connectivity index (χ0) is 28.0. The molecule has 0 aliphatic carbocycles. The van der Waals surface area contributed by atoms with Crippen LogP contribution in [0.5, 0.6) is 0 Å². The molecule has 12 heteroatoms. The lowest BCUT2D eigenvalue weighted by Gasteiger charge is -2.26. The molecule has 0 aromatic heterocycles. The number of carbonyl (C=O) groups is 5. The molecule has 0 radical (unpaired) electrons. The maximum Gasteiger partial charge on any atom is 0.326 e. The summed E-state index contributed by atoms with van der Waals surface area (Å²) < 4.78 is 0. The highest BCUT2D eigenvalue weighted by atomic mass is 32.2. The van der Waals surface area contributed by atoms with Crippen LogP contribution in [-0.2, 0) is 30.4 Å².